The number of nitrogens with one attached hydrogen (secondary N) is 1. The van der Waals surface area contributed by atoms with Gasteiger partial charge in [-0.05, 0) is 41.9 Å². The van der Waals surface area contributed by atoms with Gasteiger partial charge in [-0.2, -0.15) is 0 Å². The molecule has 2 rings (SSSR count). The van der Waals surface area contributed by atoms with Crippen LogP contribution >= 0.6 is 15.9 Å². The second-order valence-corrected chi connectivity index (χ2v) is 4.65. The minimum atomic E-state index is -0.478. The molecule has 0 saturated carbocycles. The quantitative estimate of drug-likeness (QED) is 0.681. The first-order valence-corrected chi connectivity index (χ1v) is 6.13. The van der Waals surface area contributed by atoms with Crippen molar-refractivity contribution < 1.29 is 9.66 Å². The summed E-state index contributed by atoms with van der Waals surface area (Å²) in [4.78, 5) is 14.2. The van der Waals surface area contributed by atoms with Gasteiger partial charge in [0.15, 0.2) is 0 Å². The number of nitro groups is 1. The summed E-state index contributed by atoms with van der Waals surface area (Å²) in [7, 11) is 0. The third kappa shape index (κ3) is 2.92. The number of aromatic nitrogens is 1. The van der Waals surface area contributed by atoms with Gasteiger partial charge in [-0.15, -0.1) is 0 Å². The fourth-order valence-electron chi connectivity index (χ4n) is 1.74. The Morgan fingerprint density at radius 2 is 2.18 bits per heavy atom. The second-order valence-electron chi connectivity index (χ2n) is 3.79. The largest absolute Gasteiger partial charge is 0.483 e. The number of hydrogen-bond acceptors (Lipinski definition) is 5. The molecule has 1 aliphatic rings. The number of hydrogen-bond donors (Lipinski definition) is 1. The molecule has 7 heteroatoms. The summed E-state index contributed by atoms with van der Waals surface area (Å²) in [5, 5.41) is 14.1. The van der Waals surface area contributed by atoms with Gasteiger partial charge in [0.2, 0.25) is 5.75 Å². The summed E-state index contributed by atoms with van der Waals surface area (Å²) in [5.41, 5.74) is -0.0992. The lowest BCUT2D eigenvalue weighted by Gasteiger charge is -2.23. The standard InChI is InChI=1S/C10H12BrN3O3/c11-8-5-13-6-9(14(15)16)10(8)17-7-1-3-12-4-2-7/h5-7,12H,1-4H2. The van der Waals surface area contributed by atoms with Crippen LogP contribution in [0.15, 0.2) is 16.9 Å². The van der Waals surface area contributed by atoms with E-state index in [1.54, 1.807) is 0 Å². The Hall–Kier alpha value is -1.21. The molecule has 1 fully saturated rings. The average Bonchev–Trinajstić information content (AvgIpc) is 2.33. The maximum Gasteiger partial charge on any atom is 0.330 e. The van der Waals surface area contributed by atoms with Gasteiger partial charge in [-0.3, -0.25) is 15.1 Å². The molecule has 1 aliphatic heterocycles. The molecule has 0 bridgehead atoms. The van der Waals surface area contributed by atoms with Crippen LogP contribution in [-0.4, -0.2) is 29.1 Å². The molecule has 0 amide bonds. The monoisotopic (exact) mass is 301 g/mol. The number of halogens is 1. The van der Waals surface area contributed by atoms with Crippen LogP contribution in [0.5, 0.6) is 5.75 Å². The van der Waals surface area contributed by atoms with E-state index >= 15 is 0 Å². The van der Waals surface area contributed by atoms with E-state index < -0.39 is 4.92 Å². The lowest BCUT2D eigenvalue weighted by atomic mass is 10.1. The van der Waals surface area contributed by atoms with E-state index in [9.17, 15) is 10.1 Å². The van der Waals surface area contributed by atoms with Crippen molar-refractivity contribution in [1.29, 1.82) is 0 Å². The molecule has 6 nitrogen and oxygen atoms in total. The van der Waals surface area contributed by atoms with Gasteiger partial charge in [0, 0.05) is 6.20 Å². The molecule has 1 aromatic heterocycles. The minimum absolute atomic E-state index is 0.0219. The van der Waals surface area contributed by atoms with Crippen molar-refractivity contribution >= 4 is 21.6 Å². The molecule has 0 aromatic carbocycles. The molecular weight excluding hydrogens is 290 g/mol. The van der Waals surface area contributed by atoms with Crippen LogP contribution in [0.1, 0.15) is 12.8 Å². The van der Waals surface area contributed by atoms with Gasteiger partial charge in [0.05, 0.1) is 9.40 Å². The predicted molar refractivity (Wildman–Crippen MR) is 65.1 cm³/mol. The Morgan fingerprint density at radius 1 is 1.47 bits per heavy atom. The lowest BCUT2D eigenvalue weighted by molar-refractivity contribution is -0.386. The van der Waals surface area contributed by atoms with E-state index in [0.717, 1.165) is 25.9 Å². The van der Waals surface area contributed by atoms with Crippen LogP contribution in [0.4, 0.5) is 5.69 Å². The van der Waals surface area contributed by atoms with E-state index in [1.807, 2.05) is 0 Å². The number of pyridine rings is 1. The molecule has 2 heterocycles. The highest BCUT2D eigenvalue weighted by Gasteiger charge is 2.23. The van der Waals surface area contributed by atoms with Gasteiger partial charge in [0.1, 0.15) is 12.3 Å². The number of piperidine rings is 1. The highest BCUT2D eigenvalue weighted by molar-refractivity contribution is 9.10. The van der Waals surface area contributed by atoms with Gasteiger partial charge in [-0.1, -0.05) is 0 Å². The van der Waals surface area contributed by atoms with Crippen LogP contribution in [-0.2, 0) is 0 Å². The van der Waals surface area contributed by atoms with Crippen LogP contribution < -0.4 is 10.1 Å². The molecule has 0 spiro atoms. The predicted octanol–water partition coefficient (Wildman–Crippen LogP) is 1.88. The van der Waals surface area contributed by atoms with Gasteiger partial charge in [0.25, 0.3) is 0 Å². The summed E-state index contributed by atoms with van der Waals surface area (Å²) in [6, 6.07) is 0. The first kappa shape index (κ1) is 12.3. The summed E-state index contributed by atoms with van der Waals surface area (Å²) < 4.78 is 6.23. The van der Waals surface area contributed by atoms with Crippen molar-refractivity contribution in [2.75, 3.05) is 13.1 Å². The topological polar surface area (TPSA) is 77.3 Å². The summed E-state index contributed by atoms with van der Waals surface area (Å²) >= 11 is 3.23. The number of ether oxygens (including phenoxy) is 1. The molecule has 0 atom stereocenters. The van der Waals surface area contributed by atoms with Crippen LogP contribution in [0.3, 0.4) is 0 Å². The van der Waals surface area contributed by atoms with E-state index in [0.29, 0.717) is 4.47 Å². The maximum absolute atomic E-state index is 10.9. The third-order valence-electron chi connectivity index (χ3n) is 2.60. The second kappa shape index (κ2) is 5.42. The zero-order chi connectivity index (χ0) is 12.3. The smallest absolute Gasteiger partial charge is 0.330 e. The van der Waals surface area contributed by atoms with Crippen molar-refractivity contribution in [2.45, 2.75) is 18.9 Å². The zero-order valence-electron chi connectivity index (χ0n) is 9.06. The summed E-state index contributed by atoms with van der Waals surface area (Å²) in [6.45, 7) is 1.75. The Kier molecular flexibility index (Phi) is 3.90. The molecule has 17 heavy (non-hydrogen) atoms. The number of nitrogens with zero attached hydrogens (tertiary/aromatic N) is 2. The van der Waals surface area contributed by atoms with Crippen molar-refractivity contribution in [3.05, 3.63) is 27.0 Å². The fraction of sp³-hybridized carbons (Fsp3) is 0.500. The van der Waals surface area contributed by atoms with Crippen LogP contribution in [0, 0.1) is 10.1 Å². The summed E-state index contributed by atoms with van der Waals surface area (Å²) in [5.74, 6) is 0.275. The molecule has 1 aromatic rings. The maximum atomic E-state index is 10.9. The van der Waals surface area contributed by atoms with Crippen LogP contribution in [0.25, 0.3) is 0 Å². The Morgan fingerprint density at radius 3 is 2.82 bits per heavy atom. The molecular formula is C10H12BrN3O3. The highest BCUT2D eigenvalue weighted by Crippen LogP contribution is 2.35. The van der Waals surface area contributed by atoms with Gasteiger partial charge in [-0.25, -0.2) is 0 Å². The third-order valence-corrected chi connectivity index (χ3v) is 3.17. The Balaban J connectivity index is 2.21. The average molecular weight is 302 g/mol. The summed E-state index contributed by atoms with van der Waals surface area (Å²) in [6.07, 6.45) is 4.44. The molecule has 1 N–H and O–H groups in total. The molecule has 92 valence electrons. The van der Waals surface area contributed by atoms with Crippen molar-refractivity contribution in [3.63, 3.8) is 0 Å². The normalized spacial score (nSPS) is 16.8. The fourth-order valence-corrected chi connectivity index (χ4v) is 2.15. The molecule has 0 aliphatic carbocycles. The molecule has 0 unspecified atom stereocenters. The Labute approximate surface area is 107 Å². The first-order valence-electron chi connectivity index (χ1n) is 5.33. The lowest BCUT2D eigenvalue weighted by Crippen LogP contribution is -2.34. The zero-order valence-corrected chi connectivity index (χ0v) is 10.6. The van der Waals surface area contributed by atoms with E-state index in [-0.39, 0.29) is 17.5 Å². The van der Waals surface area contributed by atoms with E-state index in [1.165, 1.54) is 12.4 Å². The van der Waals surface area contributed by atoms with Crippen molar-refractivity contribution in [2.24, 2.45) is 0 Å². The first-order chi connectivity index (χ1) is 8.18. The SMILES string of the molecule is O=[N+]([O-])c1cncc(Br)c1OC1CCNCC1. The highest BCUT2D eigenvalue weighted by atomic mass is 79.9. The van der Waals surface area contributed by atoms with Crippen LogP contribution in [0.2, 0.25) is 0 Å². The van der Waals surface area contributed by atoms with Gasteiger partial charge >= 0.3 is 5.69 Å². The molecule has 1 saturated heterocycles. The van der Waals surface area contributed by atoms with E-state index in [2.05, 4.69) is 26.2 Å². The Bertz CT molecular complexity index is 421. The van der Waals surface area contributed by atoms with E-state index in [4.69, 9.17) is 4.74 Å². The number of rotatable bonds is 3. The van der Waals surface area contributed by atoms with Gasteiger partial charge < -0.3 is 10.1 Å². The minimum Gasteiger partial charge on any atom is -0.483 e. The van der Waals surface area contributed by atoms with Crippen molar-refractivity contribution in [3.8, 4) is 5.75 Å². The van der Waals surface area contributed by atoms with Crippen molar-refractivity contribution in [1.82, 2.24) is 10.3 Å². The molecule has 0 radical (unpaired) electrons.